The summed E-state index contributed by atoms with van der Waals surface area (Å²) in [6.45, 7) is 1.90. The second-order valence-electron chi connectivity index (χ2n) is 4.24. The number of benzene rings is 2. The first-order valence-corrected chi connectivity index (χ1v) is 6.01. The minimum atomic E-state index is -0.461. The van der Waals surface area contributed by atoms with Crippen LogP contribution in [0.15, 0.2) is 42.5 Å². The molecule has 2 aromatic carbocycles. The molecule has 0 N–H and O–H groups in total. The Balaban J connectivity index is 2.26. The molecule has 0 saturated carbocycles. The van der Waals surface area contributed by atoms with Crippen molar-refractivity contribution in [3.05, 3.63) is 59.2 Å². The van der Waals surface area contributed by atoms with Crippen LogP contribution in [-0.2, 0) is 0 Å². The van der Waals surface area contributed by atoms with E-state index in [1.165, 1.54) is 13.2 Å². The zero-order valence-corrected chi connectivity index (χ0v) is 11.2. The van der Waals surface area contributed by atoms with Gasteiger partial charge in [0.1, 0.15) is 0 Å². The quantitative estimate of drug-likeness (QED) is 0.633. The molecule has 0 radical (unpaired) electrons. The smallest absolute Gasteiger partial charge is 0.343 e. The summed E-state index contributed by atoms with van der Waals surface area (Å²) < 4.78 is 10.4. The van der Waals surface area contributed by atoms with Crippen molar-refractivity contribution in [1.82, 2.24) is 0 Å². The van der Waals surface area contributed by atoms with E-state index in [1.54, 1.807) is 30.3 Å². The van der Waals surface area contributed by atoms with Crippen molar-refractivity contribution in [2.75, 3.05) is 7.11 Å². The average molecular weight is 267 g/mol. The van der Waals surface area contributed by atoms with Gasteiger partial charge in [-0.05, 0) is 31.2 Å². The molecule has 100 valence electrons. The predicted molar refractivity (Wildman–Crippen MR) is 73.8 cm³/mol. The number of aryl methyl sites for hydroxylation is 1. The molecule has 0 aromatic heterocycles. The van der Waals surface area contributed by atoms with Crippen LogP contribution in [0.1, 0.15) is 21.5 Å². The van der Waals surface area contributed by atoms with Gasteiger partial charge < -0.3 is 9.47 Å². The second kappa shape index (κ2) is 5.89. The Hall–Kier alpha value is -2.80. The van der Waals surface area contributed by atoms with Crippen molar-refractivity contribution < 1.29 is 14.3 Å². The van der Waals surface area contributed by atoms with Gasteiger partial charge in [-0.3, -0.25) is 0 Å². The summed E-state index contributed by atoms with van der Waals surface area (Å²) >= 11 is 0. The molecule has 0 aliphatic carbocycles. The fourth-order valence-electron chi connectivity index (χ4n) is 1.75. The van der Waals surface area contributed by atoms with E-state index in [1.807, 2.05) is 19.1 Å². The highest BCUT2D eigenvalue weighted by Gasteiger charge is 2.13. The Morgan fingerprint density at radius 1 is 1.15 bits per heavy atom. The molecule has 0 spiro atoms. The first kappa shape index (κ1) is 13.6. The number of hydrogen-bond acceptors (Lipinski definition) is 4. The highest BCUT2D eigenvalue weighted by molar-refractivity contribution is 5.91. The van der Waals surface area contributed by atoms with Crippen LogP contribution in [0.2, 0.25) is 0 Å². The summed E-state index contributed by atoms with van der Waals surface area (Å²) in [7, 11) is 1.46. The van der Waals surface area contributed by atoms with Crippen LogP contribution < -0.4 is 9.47 Å². The molecule has 2 aromatic rings. The fourth-order valence-corrected chi connectivity index (χ4v) is 1.75. The van der Waals surface area contributed by atoms with Crippen LogP contribution >= 0.6 is 0 Å². The lowest BCUT2D eigenvalue weighted by Crippen LogP contribution is -2.09. The molecule has 0 saturated heterocycles. The van der Waals surface area contributed by atoms with Crippen molar-refractivity contribution in [2.45, 2.75) is 6.92 Å². The van der Waals surface area contributed by atoms with E-state index in [2.05, 4.69) is 0 Å². The van der Waals surface area contributed by atoms with Crippen LogP contribution in [0.5, 0.6) is 11.5 Å². The topological polar surface area (TPSA) is 59.3 Å². The van der Waals surface area contributed by atoms with Gasteiger partial charge in [-0.2, -0.15) is 5.26 Å². The van der Waals surface area contributed by atoms with Gasteiger partial charge in [-0.1, -0.05) is 17.7 Å². The van der Waals surface area contributed by atoms with E-state index in [0.29, 0.717) is 16.9 Å². The molecule has 0 amide bonds. The van der Waals surface area contributed by atoms with Crippen molar-refractivity contribution in [1.29, 1.82) is 5.26 Å². The van der Waals surface area contributed by atoms with Gasteiger partial charge in [-0.15, -0.1) is 0 Å². The molecule has 20 heavy (non-hydrogen) atoms. The predicted octanol–water partition coefficient (Wildman–Crippen LogP) is 3.09. The molecule has 0 unspecified atom stereocenters. The Morgan fingerprint density at radius 3 is 2.60 bits per heavy atom. The Morgan fingerprint density at radius 2 is 1.95 bits per heavy atom. The fraction of sp³-hybridized carbons (Fsp3) is 0.125. The van der Waals surface area contributed by atoms with Gasteiger partial charge in [0.15, 0.2) is 11.5 Å². The van der Waals surface area contributed by atoms with Crippen LogP contribution in [0.25, 0.3) is 0 Å². The van der Waals surface area contributed by atoms with Crippen molar-refractivity contribution in [3.8, 4) is 17.6 Å². The molecule has 0 aliphatic heterocycles. The molecule has 0 aliphatic rings. The lowest BCUT2D eigenvalue weighted by molar-refractivity contribution is 0.0729. The number of hydrogen-bond donors (Lipinski definition) is 0. The summed E-state index contributed by atoms with van der Waals surface area (Å²) in [6.07, 6.45) is 0. The van der Waals surface area contributed by atoms with Crippen molar-refractivity contribution >= 4 is 5.97 Å². The number of carbonyl (C=O) groups excluding carboxylic acids is 1. The summed E-state index contributed by atoms with van der Waals surface area (Å²) in [5, 5.41) is 8.83. The maximum absolute atomic E-state index is 12.0. The van der Waals surface area contributed by atoms with E-state index in [9.17, 15) is 4.79 Å². The average Bonchev–Trinajstić information content (AvgIpc) is 2.47. The normalized spacial score (nSPS) is 9.65. The van der Waals surface area contributed by atoms with E-state index in [0.717, 1.165) is 5.56 Å². The maximum Gasteiger partial charge on any atom is 0.343 e. The zero-order chi connectivity index (χ0) is 14.5. The number of nitrogens with zero attached hydrogens (tertiary/aromatic N) is 1. The number of rotatable bonds is 3. The lowest BCUT2D eigenvalue weighted by atomic mass is 10.1. The van der Waals surface area contributed by atoms with Gasteiger partial charge in [0.05, 0.1) is 24.3 Å². The Kier molecular flexibility index (Phi) is 4.02. The summed E-state index contributed by atoms with van der Waals surface area (Å²) in [6, 6.07) is 13.8. The number of esters is 1. The standard InChI is InChI=1S/C16H13NO3/c1-11-4-3-5-13(8-11)16(18)20-14-7-6-12(10-17)9-15(14)19-2/h3-9H,1-2H3. The second-order valence-corrected chi connectivity index (χ2v) is 4.24. The van der Waals surface area contributed by atoms with Crippen LogP contribution in [0, 0.1) is 18.3 Å². The molecule has 0 bridgehead atoms. The third-order valence-corrected chi connectivity index (χ3v) is 2.75. The molecular formula is C16H13NO3. The summed E-state index contributed by atoms with van der Waals surface area (Å²) in [5.74, 6) is 0.180. The van der Waals surface area contributed by atoms with Gasteiger partial charge in [0.2, 0.25) is 0 Å². The summed E-state index contributed by atoms with van der Waals surface area (Å²) in [5.41, 5.74) is 1.89. The largest absolute Gasteiger partial charge is 0.493 e. The Labute approximate surface area is 117 Å². The molecule has 0 fully saturated rings. The van der Waals surface area contributed by atoms with E-state index < -0.39 is 5.97 Å². The highest BCUT2D eigenvalue weighted by Crippen LogP contribution is 2.28. The number of methoxy groups -OCH3 is 1. The van der Waals surface area contributed by atoms with Crippen molar-refractivity contribution in [2.24, 2.45) is 0 Å². The summed E-state index contributed by atoms with van der Waals surface area (Å²) in [4.78, 5) is 12.0. The highest BCUT2D eigenvalue weighted by atomic mass is 16.6. The van der Waals surface area contributed by atoms with Crippen LogP contribution in [0.3, 0.4) is 0 Å². The zero-order valence-electron chi connectivity index (χ0n) is 11.2. The van der Waals surface area contributed by atoms with E-state index in [-0.39, 0.29) is 5.75 Å². The van der Waals surface area contributed by atoms with Crippen LogP contribution in [-0.4, -0.2) is 13.1 Å². The Bertz CT molecular complexity index is 686. The lowest BCUT2D eigenvalue weighted by Gasteiger charge is -2.09. The molecule has 0 atom stereocenters. The monoisotopic (exact) mass is 267 g/mol. The van der Waals surface area contributed by atoms with Crippen LogP contribution in [0.4, 0.5) is 0 Å². The SMILES string of the molecule is COc1cc(C#N)ccc1OC(=O)c1cccc(C)c1. The van der Waals surface area contributed by atoms with E-state index in [4.69, 9.17) is 14.7 Å². The first-order valence-electron chi connectivity index (χ1n) is 6.01. The van der Waals surface area contributed by atoms with Gasteiger partial charge in [0, 0.05) is 6.07 Å². The minimum absolute atomic E-state index is 0.290. The maximum atomic E-state index is 12.0. The number of carbonyl (C=O) groups is 1. The number of nitriles is 1. The van der Waals surface area contributed by atoms with Gasteiger partial charge >= 0.3 is 5.97 Å². The van der Waals surface area contributed by atoms with Gasteiger partial charge in [0.25, 0.3) is 0 Å². The molecule has 2 rings (SSSR count). The number of ether oxygens (including phenoxy) is 2. The third-order valence-electron chi connectivity index (χ3n) is 2.75. The third kappa shape index (κ3) is 2.96. The minimum Gasteiger partial charge on any atom is -0.493 e. The van der Waals surface area contributed by atoms with E-state index >= 15 is 0 Å². The van der Waals surface area contributed by atoms with Crippen molar-refractivity contribution in [3.63, 3.8) is 0 Å². The molecule has 0 heterocycles. The van der Waals surface area contributed by atoms with Gasteiger partial charge in [-0.25, -0.2) is 4.79 Å². The molecule has 4 nitrogen and oxygen atoms in total. The molecule has 4 heteroatoms. The first-order chi connectivity index (χ1) is 9.63. The molecular weight excluding hydrogens is 254 g/mol.